The van der Waals surface area contributed by atoms with Crippen LogP contribution in [0.1, 0.15) is 139 Å². The summed E-state index contributed by atoms with van der Waals surface area (Å²) in [6.07, 6.45) is 17.7. The first-order valence-electron chi connectivity index (χ1n) is 12.6. The molecule has 1 nitrogen and oxygen atoms in total. The predicted molar refractivity (Wildman–Crippen MR) is 129 cm³/mol. The lowest BCUT2D eigenvalue weighted by molar-refractivity contribution is 0.299. The molecule has 1 N–H and O–H groups in total. The molecule has 0 radical (unpaired) electrons. The molecule has 0 spiro atoms. The number of benzene rings is 1. The molecule has 0 saturated heterocycles. The fraction of sp³-hybridized carbons (Fsp3) is 0.778. The molecule has 2 heteroatoms. The van der Waals surface area contributed by atoms with Crippen LogP contribution in [0.5, 0.6) is 5.75 Å². The van der Waals surface area contributed by atoms with Crippen molar-refractivity contribution in [2.75, 3.05) is 0 Å². The van der Waals surface area contributed by atoms with E-state index >= 15 is 0 Å². The van der Waals surface area contributed by atoms with Crippen LogP contribution in [-0.4, -0.2) is 5.11 Å². The molecule has 1 aromatic rings. The van der Waals surface area contributed by atoms with E-state index in [-0.39, 0.29) is 4.75 Å². The van der Waals surface area contributed by atoms with E-state index < -0.39 is 0 Å². The minimum atomic E-state index is -0.0792. The highest BCUT2D eigenvalue weighted by Crippen LogP contribution is 2.48. The van der Waals surface area contributed by atoms with E-state index in [1.54, 1.807) is 0 Å². The fourth-order valence-electron chi connectivity index (χ4n) is 5.90. The zero-order chi connectivity index (χ0) is 20.9. The number of hydrogen-bond donors (Lipinski definition) is 2. The maximum absolute atomic E-state index is 11.4. The maximum Gasteiger partial charge on any atom is 0.122 e. The molecule has 0 bridgehead atoms. The smallest absolute Gasteiger partial charge is 0.122 e. The van der Waals surface area contributed by atoms with Crippen LogP contribution in [0.4, 0.5) is 0 Å². The standard InChI is InChI=1S/C27H44OS/c1-4-7-11-20-14-16-22(17-15-20)25-19-23(27(29,5-2)6-3)18-24(26(25)28)21-12-9-8-10-13-21/h18-22,28-29H,4-17H2,1-3H3. The van der Waals surface area contributed by atoms with Crippen molar-refractivity contribution in [2.24, 2.45) is 5.92 Å². The first kappa shape index (κ1) is 23.0. The SMILES string of the molecule is CCCCC1CCC(c2cc(C(S)(CC)CC)cc(C3CCCCC3)c2O)CC1. The van der Waals surface area contributed by atoms with E-state index in [2.05, 4.69) is 32.9 Å². The van der Waals surface area contributed by atoms with Crippen molar-refractivity contribution in [2.45, 2.75) is 127 Å². The van der Waals surface area contributed by atoms with Gasteiger partial charge in [-0.25, -0.2) is 0 Å². The van der Waals surface area contributed by atoms with Crippen LogP contribution in [0.15, 0.2) is 12.1 Å². The highest BCUT2D eigenvalue weighted by atomic mass is 32.1. The minimum Gasteiger partial charge on any atom is -0.507 e. The van der Waals surface area contributed by atoms with Gasteiger partial charge in [-0.15, -0.1) is 0 Å². The summed E-state index contributed by atoms with van der Waals surface area (Å²) in [6, 6.07) is 4.68. The normalized spacial score (nSPS) is 24.0. The molecule has 164 valence electrons. The lowest BCUT2D eigenvalue weighted by atomic mass is 9.74. The topological polar surface area (TPSA) is 20.2 Å². The number of hydrogen-bond acceptors (Lipinski definition) is 2. The second-order valence-electron chi connectivity index (χ2n) is 9.94. The van der Waals surface area contributed by atoms with Gasteiger partial charge < -0.3 is 5.11 Å². The number of thiol groups is 1. The summed E-state index contributed by atoms with van der Waals surface area (Å²) in [5.41, 5.74) is 3.84. The molecular formula is C27H44OS. The van der Waals surface area contributed by atoms with Gasteiger partial charge in [-0.2, -0.15) is 12.6 Å². The molecule has 0 heterocycles. The molecule has 0 aliphatic heterocycles. The van der Waals surface area contributed by atoms with Crippen molar-refractivity contribution < 1.29 is 5.11 Å². The van der Waals surface area contributed by atoms with E-state index in [9.17, 15) is 5.11 Å². The van der Waals surface area contributed by atoms with Crippen molar-refractivity contribution in [3.05, 3.63) is 28.8 Å². The van der Waals surface area contributed by atoms with Gasteiger partial charge in [0.15, 0.2) is 0 Å². The summed E-state index contributed by atoms with van der Waals surface area (Å²) in [4.78, 5) is 0. The second kappa shape index (κ2) is 10.6. The molecule has 2 fully saturated rings. The molecule has 0 unspecified atom stereocenters. The summed E-state index contributed by atoms with van der Waals surface area (Å²) >= 11 is 5.14. The first-order valence-corrected chi connectivity index (χ1v) is 13.1. The first-order chi connectivity index (χ1) is 14.0. The van der Waals surface area contributed by atoms with Crippen molar-refractivity contribution in [1.82, 2.24) is 0 Å². The van der Waals surface area contributed by atoms with Crippen molar-refractivity contribution in [3.63, 3.8) is 0 Å². The van der Waals surface area contributed by atoms with Crippen molar-refractivity contribution >= 4 is 12.6 Å². The molecule has 1 aromatic carbocycles. The van der Waals surface area contributed by atoms with Gasteiger partial charge in [0.25, 0.3) is 0 Å². The van der Waals surface area contributed by atoms with Crippen LogP contribution in [0.25, 0.3) is 0 Å². The molecule has 2 saturated carbocycles. The second-order valence-corrected chi connectivity index (χ2v) is 10.8. The van der Waals surface area contributed by atoms with E-state index in [1.165, 1.54) is 93.7 Å². The van der Waals surface area contributed by atoms with Gasteiger partial charge in [0.2, 0.25) is 0 Å². The number of phenolic OH excluding ortho intramolecular Hbond substituents is 1. The molecule has 2 aliphatic carbocycles. The van der Waals surface area contributed by atoms with Gasteiger partial charge >= 0.3 is 0 Å². The van der Waals surface area contributed by atoms with Gasteiger partial charge in [-0.05, 0) is 85.8 Å². The Balaban J connectivity index is 1.91. The van der Waals surface area contributed by atoms with Crippen LogP contribution in [0, 0.1) is 5.92 Å². The summed E-state index contributed by atoms with van der Waals surface area (Å²) in [5, 5.41) is 11.4. The summed E-state index contributed by atoms with van der Waals surface area (Å²) in [7, 11) is 0. The minimum absolute atomic E-state index is 0.0792. The Bertz CT molecular complexity index is 634. The Kier molecular flexibility index (Phi) is 8.42. The largest absolute Gasteiger partial charge is 0.507 e. The van der Waals surface area contributed by atoms with Crippen LogP contribution in [0.2, 0.25) is 0 Å². The Morgan fingerprint density at radius 3 is 1.93 bits per heavy atom. The number of rotatable bonds is 8. The zero-order valence-electron chi connectivity index (χ0n) is 19.2. The Morgan fingerprint density at radius 2 is 1.41 bits per heavy atom. The predicted octanol–water partition coefficient (Wildman–Crippen LogP) is 8.85. The Labute approximate surface area is 185 Å². The van der Waals surface area contributed by atoms with E-state index in [4.69, 9.17) is 12.6 Å². The summed E-state index contributed by atoms with van der Waals surface area (Å²) in [6.45, 7) is 6.80. The van der Waals surface area contributed by atoms with Crippen LogP contribution >= 0.6 is 12.6 Å². The molecule has 0 aromatic heterocycles. The van der Waals surface area contributed by atoms with Gasteiger partial charge in [-0.3, -0.25) is 0 Å². The monoisotopic (exact) mass is 416 g/mol. The highest BCUT2D eigenvalue weighted by molar-refractivity contribution is 7.81. The molecule has 0 amide bonds. The number of aromatic hydroxyl groups is 1. The molecule has 3 rings (SSSR count). The average Bonchev–Trinajstić information content (AvgIpc) is 2.78. The van der Waals surface area contributed by atoms with Crippen LogP contribution in [0.3, 0.4) is 0 Å². The quantitative estimate of drug-likeness (QED) is 0.405. The zero-order valence-corrected chi connectivity index (χ0v) is 20.1. The van der Waals surface area contributed by atoms with E-state index in [1.807, 2.05) is 0 Å². The van der Waals surface area contributed by atoms with E-state index in [0.717, 1.165) is 18.8 Å². The third-order valence-electron chi connectivity index (χ3n) is 8.17. The Hall–Kier alpha value is -0.630. The van der Waals surface area contributed by atoms with Crippen molar-refractivity contribution in [3.8, 4) is 5.75 Å². The average molecular weight is 417 g/mol. The van der Waals surface area contributed by atoms with Gasteiger partial charge in [0, 0.05) is 4.75 Å². The molecule has 29 heavy (non-hydrogen) atoms. The van der Waals surface area contributed by atoms with Crippen LogP contribution in [-0.2, 0) is 4.75 Å². The third-order valence-corrected chi connectivity index (χ3v) is 9.06. The van der Waals surface area contributed by atoms with E-state index in [0.29, 0.717) is 17.6 Å². The number of unbranched alkanes of at least 4 members (excludes halogenated alkanes) is 1. The van der Waals surface area contributed by atoms with Gasteiger partial charge in [0.1, 0.15) is 5.75 Å². The number of phenols is 1. The van der Waals surface area contributed by atoms with Gasteiger partial charge in [0.05, 0.1) is 0 Å². The van der Waals surface area contributed by atoms with Crippen molar-refractivity contribution in [1.29, 1.82) is 0 Å². The third kappa shape index (κ3) is 5.35. The maximum atomic E-state index is 11.4. The molecular weight excluding hydrogens is 372 g/mol. The summed E-state index contributed by atoms with van der Waals surface area (Å²) in [5.74, 6) is 2.61. The molecule has 2 aliphatic rings. The summed E-state index contributed by atoms with van der Waals surface area (Å²) < 4.78 is -0.0792. The lowest BCUT2D eigenvalue weighted by Crippen LogP contribution is -2.20. The Morgan fingerprint density at radius 1 is 0.862 bits per heavy atom. The van der Waals surface area contributed by atoms with Gasteiger partial charge in [-0.1, -0.05) is 71.4 Å². The fourth-order valence-corrected chi connectivity index (χ4v) is 6.03. The lowest BCUT2D eigenvalue weighted by Gasteiger charge is -2.34. The highest BCUT2D eigenvalue weighted by Gasteiger charge is 2.31. The van der Waals surface area contributed by atoms with Crippen LogP contribution < -0.4 is 0 Å². The molecule has 0 atom stereocenters.